The zero-order valence-electron chi connectivity index (χ0n) is 13.5. The molecular formula is C16H23N5O3. The number of hydrogen-bond donors (Lipinski definition) is 3. The van der Waals surface area contributed by atoms with Gasteiger partial charge in [-0.2, -0.15) is 0 Å². The molecule has 2 unspecified atom stereocenters. The van der Waals surface area contributed by atoms with Crippen molar-refractivity contribution in [1.82, 2.24) is 25.7 Å². The van der Waals surface area contributed by atoms with E-state index in [-0.39, 0.29) is 30.8 Å². The molecule has 1 amide bonds. The van der Waals surface area contributed by atoms with Crippen LogP contribution < -0.4 is 10.9 Å². The number of hydrazine groups is 1. The Bertz CT molecular complexity index is 574. The van der Waals surface area contributed by atoms with Crippen molar-refractivity contribution in [2.75, 3.05) is 13.1 Å². The highest BCUT2D eigenvalue weighted by atomic mass is 16.4. The standard InChI is InChI=1S/C16H23N5O3/c22-15(10-14-17-4-1-5-18-14)21-6-2-11(3-7-21)13-8-12(19-20-13)9-16(23)24/h1,4-5,11-13,19-20H,2-3,6-10H2,(H,23,24). The first-order chi connectivity index (χ1) is 11.6. The predicted molar refractivity (Wildman–Crippen MR) is 85.8 cm³/mol. The third-order valence-corrected chi connectivity index (χ3v) is 4.82. The summed E-state index contributed by atoms with van der Waals surface area (Å²) in [6.45, 7) is 1.47. The number of amides is 1. The zero-order chi connectivity index (χ0) is 16.9. The molecule has 2 aliphatic heterocycles. The number of nitrogens with zero attached hydrogens (tertiary/aromatic N) is 3. The smallest absolute Gasteiger partial charge is 0.304 e. The van der Waals surface area contributed by atoms with Crippen molar-refractivity contribution in [2.45, 2.75) is 44.2 Å². The van der Waals surface area contributed by atoms with Gasteiger partial charge in [-0.05, 0) is 31.2 Å². The minimum atomic E-state index is -0.779. The summed E-state index contributed by atoms with van der Waals surface area (Å²) in [5.74, 6) is 0.315. The molecule has 8 heteroatoms. The van der Waals surface area contributed by atoms with Crippen LogP contribution in [0.5, 0.6) is 0 Å². The van der Waals surface area contributed by atoms with Crippen LogP contribution in [-0.2, 0) is 16.0 Å². The quantitative estimate of drug-likeness (QED) is 0.694. The SMILES string of the molecule is O=C(O)CC1CC(C2CCN(C(=O)Cc3ncccn3)CC2)NN1. The zero-order valence-corrected chi connectivity index (χ0v) is 13.5. The monoisotopic (exact) mass is 333 g/mol. The minimum absolute atomic E-state index is 0.0117. The molecule has 1 aromatic rings. The number of aromatic nitrogens is 2. The van der Waals surface area contributed by atoms with E-state index in [1.165, 1.54) is 0 Å². The number of carboxylic acid groups (broad SMARTS) is 1. The van der Waals surface area contributed by atoms with Crippen molar-refractivity contribution >= 4 is 11.9 Å². The summed E-state index contributed by atoms with van der Waals surface area (Å²) >= 11 is 0. The second kappa shape index (κ2) is 7.67. The molecule has 0 radical (unpaired) electrons. The van der Waals surface area contributed by atoms with Gasteiger partial charge in [-0.25, -0.2) is 9.97 Å². The Kier molecular flexibility index (Phi) is 5.37. The fourth-order valence-electron chi connectivity index (χ4n) is 3.52. The summed E-state index contributed by atoms with van der Waals surface area (Å²) in [6.07, 6.45) is 6.36. The highest BCUT2D eigenvalue weighted by molar-refractivity contribution is 5.78. The van der Waals surface area contributed by atoms with E-state index in [2.05, 4.69) is 20.8 Å². The van der Waals surface area contributed by atoms with E-state index in [0.717, 1.165) is 32.4 Å². The Morgan fingerprint density at radius 2 is 1.92 bits per heavy atom. The summed E-state index contributed by atoms with van der Waals surface area (Å²) in [6, 6.07) is 2.01. The molecule has 3 heterocycles. The van der Waals surface area contributed by atoms with Gasteiger partial charge in [-0.15, -0.1) is 0 Å². The third kappa shape index (κ3) is 4.27. The van der Waals surface area contributed by atoms with Crippen LogP contribution in [0.15, 0.2) is 18.5 Å². The van der Waals surface area contributed by atoms with Gasteiger partial charge in [-0.1, -0.05) is 0 Å². The van der Waals surface area contributed by atoms with Crippen LogP contribution in [-0.4, -0.2) is 57.0 Å². The van der Waals surface area contributed by atoms with Gasteiger partial charge in [0.15, 0.2) is 0 Å². The molecule has 2 fully saturated rings. The molecule has 2 atom stereocenters. The molecule has 0 bridgehead atoms. The van der Waals surface area contributed by atoms with Gasteiger partial charge < -0.3 is 10.0 Å². The lowest BCUT2D eigenvalue weighted by molar-refractivity contribution is -0.137. The average Bonchev–Trinajstić information content (AvgIpc) is 3.03. The molecular weight excluding hydrogens is 310 g/mol. The van der Waals surface area contributed by atoms with E-state index in [0.29, 0.717) is 11.7 Å². The number of hydrogen-bond acceptors (Lipinski definition) is 6. The summed E-state index contributed by atoms with van der Waals surface area (Å²) < 4.78 is 0. The van der Waals surface area contributed by atoms with Crippen LogP contribution >= 0.6 is 0 Å². The maximum absolute atomic E-state index is 12.3. The lowest BCUT2D eigenvalue weighted by Gasteiger charge is -2.34. The van der Waals surface area contributed by atoms with Gasteiger partial charge in [0.25, 0.3) is 0 Å². The molecule has 0 aromatic carbocycles. The molecule has 24 heavy (non-hydrogen) atoms. The first kappa shape index (κ1) is 16.8. The van der Waals surface area contributed by atoms with Crippen LogP contribution in [0.4, 0.5) is 0 Å². The number of aliphatic carboxylic acids is 1. The van der Waals surface area contributed by atoms with Gasteiger partial charge in [-0.3, -0.25) is 20.4 Å². The predicted octanol–water partition coefficient (Wildman–Crippen LogP) is -0.0325. The number of likely N-dealkylation sites (tertiary alicyclic amines) is 1. The Hall–Kier alpha value is -2.06. The highest BCUT2D eigenvalue weighted by Gasteiger charge is 2.34. The Morgan fingerprint density at radius 1 is 1.21 bits per heavy atom. The van der Waals surface area contributed by atoms with E-state index >= 15 is 0 Å². The Balaban J connectivity index is 1.44. The van der Waals surface area contributed by atoms with E-state index in [1.54, 1.807) is 18.5 Å². The molecule has 0 spiro atoms. The maximum atomic E-state index is 12.3. The molecule has 3 N–H and O–H groups in total. The fraction of sp³-hybridized carbons (Fsp3) is 0.625. The van der Waals surface area contributed by atoms with E-state index < -0.39 is 5.97 Å². The third-order valence-electron chi connectivity index (χ3n) is 4.82. The van der Waals surface area contributed by atoms with Crippen LogP contribution in [0.3, 0.4) is 0 Å². The van der Waals surface area contributed by atoms with Crippen molar-refractivity contribution in [3.8, 4) is 0 Å². The molecule has 0 aliphatic carbocycles. The second-order valence-corrected chi connectivity index (χ2v) is 6.49. The second-order valence-electron chi connectivity index (χ2n) is 6.49. The number of nitrogens with one attached hydrogen (secondary N) is 2. The number of carboxylic acids is 1. The van der Waals surface area contributed by atoms with E-state index in [1.807, 2.05) is 4.90 Å². The number of piperidine rings is 1. The lowest BCUT2D eigenvalue weighted by Crippen LogP contribution is -2.45. The molecule has 3 rings (SSSR count). The van der Waals surface area contributed by atoms with Crippen LogP contribution in [0.1, 0.15) is 31.5 Å². The van der Waals surface area contributed by atoms with Crippen LogP contribution in [0.25, 0.3) is 0 Å². The maximum Gasteiger partial charge on any atom is 0.304 e. The topological polar surface area (TPSA) is 107 Å². The van der Waals surface area contributed by atoms with E-state index in [9.17, 15) is 9.59 Å². The number of rotatable bonds is 5. The summed E-state index contributed by atoms with van der Waals surface area (Å²) in [5, 5.41) is 8.87. The first-order valence-corrected chi connectivity index (χ1v) is 8.38. The van der Waals surface area contributed by atoms with Gasteiger partial charge in [0, 0.05) is 37.6 Å². The lowest BCUT2D eigenvalue weighted by atomic mass is 9.87. The van der Waals surface area contributed by atoms with Gasteiger partial charge in [0.1, 0.15) is 5.82 Å². The van der Waals surface area contributed by atoms with Crippen LogP contribution in [0, 0.1) is 5.92 Å². The molecule has 1 aromatic heterocycles. The van der Waals surface area contributed by atoms with Crippen molar-refractivity contribution in [3.63, 3.8) is 0 Å². The van der Waals surface area contributed by atoms with Crippen molar-refractivity contribution in [1.29, 1.82) is 0 Å². The van der Waals surface area contributed by atoms with Crippen molar-refractivity contribution in [2.24, 2.45) is 5.92 Å². The summed E-state index contributed by atoms with van der Waals surface area (Å²) in [5.41, 5.74) is 6.30. The van der Waals surface area contributed by atoms with E-state index in [4.69, 9.17) is 5.11 Å². The average molecular weight is 333 g/mol. The summed E-state index contributed by atoms with van der Waals surface area (Å²) in [4.78, 5) is 33.2. The normalized spacial score (nSPS) is 24.9. The van der Waals surface area contributed by atoms with Crippen molar-refractivity contribution in [3.05, 3.63) is 24.3 Å². The minimum Gasteiger partial charge on any atom is -0.481 e. The van der Waals surface area contributed by atoms with Crippen molar-refractivity contribution < 1.29 is 14.7 Å². The molecule has 2 saturated heterocycles. The highest BCUT2D eigenvalue weighted by Crippen LogP contribution is 2.26. The van der Waals surface area contributed by atoms with Gasteiger partial charge in [0.2, 0.25) is 5.91 Å². The molecule has 2 aliphatic rings. The molecule has 8 nitrogen and oxygen atoms in total. The largest absolute Gasteiger partial charge is 0.481 e. The number of carbonyl (C=O) groups is 2. The van der Waals surface area contributed by atoms with Gasteiger partial charge in [0.05, 0.1) is 12.8 Å². The summed E-state index contributed by atoms with van der Waals surface area (Å²) in [7, 11) is 0. The van der Waals surface area contributed by atoms with Crippen LogP contribution in [0.2, 0.25) is 0 Å². The fourth-order valence-corrected chi connectivity index (χ4v) is 3.52. The van der Waals surface area contributed by atoms with Gasteiger partial charge >= 0.3 is 5.97 Å². The molecule has 130 valence electrons. The first-order valence-electron chi connectivity index (χ1n) is 8.38. The molecule has 0 saturated carbocycles. The Morgan fingerprint density at radius 3 is 2.58 bits per heavy atom. The Labute approximate surface area is 140 Å². The number of carbonyl (C=O) groups excluding carboxylic acids is 1.